The molecule has 104 valence electrons. The van der Waals surface area contributed by atoms with Crippen LogP contribution < -0.4 is 0 Å². The second kappa shape index (κ2) is 6.38. The molecule has 4 heteroatoms. The lowest BCUT2D eigenvalue weighted by atomic mass is 9.89. The molecule has 0 saturated carbocycles. The summed E-state index contributed by atoms with van der Waals surface area (Å²) in [6.45, 7) is 5.88. The van der Waals surface area contributed by atoms with Gasteiger partial charge in [-0.1, -0.05) is 31.5 Å². The number of hydrogen-bond donors (Lipinski definition) is 0. The highest BCUT2D eigenvalue weighted by molar-refractivity contribution is 6.29. The van der Waals surface area contributed by atoms with Crippen LogP contribution in [0.1, 0.15) is 38.8 Å². The number of pyridine rings is 1. The van der Waals surface area contributed by atoms with Gasteiger partial charge in [-0.15, -0.1) is 0 Å². The van der Waals surface area contributed by atoms with Crippen LogP contribution in [0.5, 0.6) is 0 Å². The summed E-state index contributed by atoms with van der Waals surface area (Å²) in [4.78, 5) is 18.3. The van der Waals surface area contributed by atoms with E-state index < -0.39 is 0 Å². The monoisotopic (exact) mass is 280 g/mol. The van der Waals surface area contributed by atoms with Gasteiger partial charge in [0.05, 0.1) is 12.2 Å². The van der Waals surface area contributed by atoms with Crippen LogP contribution in [0.2, 0.25) is 5.15 Å². The van der Waals surface area contributed by atoms with Crippen molar-refractivity contribution in [1.29, 1.82) is 0 Å². The summed E-state index contributed by atoms with van der Waals surface area (Å²) in [5, 5.41) is 0.486. The molecule has 1 aromatic heterocycles. The predicted molar refractivity (Wildman–Crippen MR) is 76.8 cm³/mol. The highest BCUT2D eigenvalue weighted by Crippen LogP contribution is 2.25. The van der Waals surface area contributed by atoms with Crippen molar-refractivity contribution in [3.63, 3.8) is 0 Å². The second-order valence-corrected chi connectivity index (χ2v) is 5.99. The van der Waals surface area contributed by atoms with Crippen LogP contribution in [0.3, 0.4) is 0 Å². The molecule has 0 bridgehead atoms. The predicted octanol–water partition coefficient (Wildman–Crippen LogP) is 3.52. The minimum Gasteiger partial charge on any atom is -0.337 e. The Labute approximate surface area is 120 Å². The summed E-state index contributed by atoms with van der Waals surface area (Å²) < 4.78 is 0. The van der Waals surface area contributed by atoms with E-state index in [9.17, 15) is 4.79 Å². The summed E-state index contributed by atoms with van der Waals surface area (Å²) in [5.74, 6) is 1.54. The van der Waals surface area contributed by atoms with E-state index in [2.05, 4.69) is 18.8 Å². The number of halogens is 1. The molecule has 3 nitrogen and oxygen atoms in total. The molecule has 1 unspecified atom stereocenters. The Bertz CT molecular complexity index is 448. The maximum Gasteiger partial charge on any atom is 0.222 e. The Balaban J connectivity index is 2.02. The zero-order chi connectivity index (χ0) is 13.8. The number of likely N-dealkylation sites (tertiary alicyclic amines) is 1. The normalized spacial score (nSPS) is 20.7. The van der Waals surface area contributed by atoms with Crippen molar-refractivity contribution in [2.24, 2.45) is 11.8 Å². The zero-order valence-corrected chi connectivity index (χ0v) is 12.4. The smallest absolute Gasteiger partial charge is 0.222 e. The van der Waals surface area contributed by atoms with Crippen LogP contribution in [0.15, 0.2) is 18.2 Å². The molecule has 2 heterocycles. The molecule has 2 rings (SSSR count). The van der Waals surface area contributed by atoms with Gasteiger partial charge in [0, 0.05) is 13.0 Å². The van der Waals surface area contributed by atoms with Crippen LogP contribution in [0.4, 0.5) is 0 Å². The van der Waals surface area contributed by atoms with E-state index in [1.165, 1.54) is 0 Å². The average molecular weight is 281 g/mol. The van der Waals surface area contributed by atoms with Gasteiger partial charge in [-0.25, -0.2) is 4.98 Å². The van der Waals surface area contributed by atoms with E-state index in [1.807, 2.05) is 17.0 Å². The highest BCUT2D eigenvalue weighted by atomic mass is 35.5. The summed E-state index contributed by atoms with van der Waals surface area (Å²) >= 11 is 5.88. The van der Waals surface area contributed by atoms with Crippen molar-refractivity contribution in [2.75, 3.05) is 6.54 Å². The van der Waals surface area contributed by atoms with Gasteiger partial charge in [-0.3, -0.25) is 4.79 Å². The van der Waals surface area contributed by atoms with E-state index in [0.717, 1.165) is 25.1 Å². The minimum atomic E-state index is 0.241. The van der Waals surface area contributed by atoms with Crippen LogP contribution in [-0.4, -0.2) is 22.3 Å². The molecule has 0 spiro atoms. The van der Waals surface area contributed by atoms with Gasteiger partial charge in [0.15, 0.2) is 0 Å². The fourth-order valence-corrected chi connectivity index (χ4v) is 2.81. The van der Waals surface area contributed by atoms with Crippen molar-refractivity contribution < 1.29 is 4.79 Å². The zero-order valence-electron chi connectivity index (χ0n) is 11.6. The first kappa shape index (κ1) is 14.3. The van der Waals surface area contributed by atoms with Crippen molar-refractivity contribution in [3.05, 3.63) is 29.0 Å². The molecule has 0 N–H and O–H groups in total. The quantitative estimate of drug-likeness (QED) is 0.794. The topological polar surface area (TPSA) is 33.2 Å². The van der Waals surface area contributed by atoms with E-state index in [1.54, 1.807) is 6.07 Å². The molecule has 0 aliphatic carbocycles. The third kappa shape index (κ3) is 3.93. The lowest BCUT2D eigenvalue weighted by molar-refractivity contribution is -0.131. The first-order valence-corrected chi connectivity index (χ1v) is 7.33. The van der Waals surface area contributed by atoms with Gasteiger partial charge in [0.25, 0.3) is 0 Å². The third-order valence-electron chi connectivity index (χ3n) is 3.92. The first-order valence-electron chi connectivity index (χ1n) is 6.95. The third-order valence-corrected chi connectivity index (χ3v) is 4.13. The van der Waals surface area contributed by atoms with E-state index >= 15 is 0 Å². The van der Waals surface area contributed by atoms with Crippen molar-refractivity contribution in [3.8, 4) is 0 Å². The molecule has 1 saturated heterocycles. The molecule has 1 aliphatic heterocycles. The Morgan fingerprint density at radius 3 is 2.89 bits per heavy atom. The van der Waals surface area contributed by atoms with E-state index in [-0.39, 0.29) is 5.91 Å². The second-order valence-electron chi connectivity index (χ2n) is 5.60. The van der Waals surface area contributed by atoms with E-state index in [0.29, 0.717) is 30.0 Å². The van der Waals surface area contributed by atoms with Gasteiger partial charge in [-0.2, -0.15) is 0 Å². The molecular weight excluding hydrogens is 260 g/mol. The average Bonchev–Trinajstić information content (AvgIpc) is 2.53. The Hall–Kier alpha value is -1.09. The van der Waals surface area contributed by atoms with Gasteiger partial charge >= 0.3 is 0 Å². The van der Waals surface area contributed by atoms with Crippen LogP contribution >= 0.6 is 11.6 Å². The van der Waals surface area contributed by atoms with Crippen LogP contribution in [0, 0.1) is 11.8 Å². The fraction of sp³-hybridized carbons (Fsp3) is 0.600. The number of carbonyl (C=O) groups is 1. The number of carbonyl (C=O) groups excluding carboxylic acids is 1. The SMILES string of the molecule is CC(C)C1CCC(=O)N(Cc2cccc(Cl)n2)CC1. The number of aromatic nitrogens is 1. The number of hydrogen-bond acceptors (Lipinski definition) is 2. The van der Waals surface area contributed by atoms with Gasteiger partial charge in [0.2, 0.25) is 5.91 Å². The lowest BCUT2D eigenvalue weighted by Gasteiger charge is -2.21. The molecule has 1 aromatic rings. The van der Waals surface area contributed by atoms with Crippen molar-refractivity contribution >= 4 is 17.5 Å². The molecular formula is C15H21ClN2O. The number of nitrogens with zero attached hydrogens (tertiary/aromatic N) is 2. The first-order chi connectivity index (χ1) is 9.06. The standard InChI is InChI=1S/C15H21ClN2O/c1-11(2)12-6-7-15(19)18(9-8-12)10-13-4-3-5-14(16)17-13/h3-5,11-12H,6-10H2,1-2H3. The Morgan fingerprint density at radius 1 is 1.42 bits per heavy atom. The van der Waals surface area contributed by atoms with E-state index in [4.69, 9.17) is 11.6 Å². The van der Waals surface area contributed by atoms with Crippen LogP contribution in [-0.2, 0) is 11.3 Å². The summed E-state index contributed by atoms with van der Waals surface area (Å²) in [6.07, 6.45) is 2.75. The maximum absolute atomic E-state index is 12.1. The molecule has 19 heavy (non-hydrogen) atoms. The molecule has 0 radical (unpaired) electrons. The largest absolute Gasteiger partial charge is 0.337 e. The highest BCUT2D eigenvalue weighted by Gasteiger charge is 2.24. The molecule has 1 aliphatic rings. The summed E-state index contributed by atoms with van der Waals surface area (Å²) in [7, 11) is 0. The van der Waals surface area contributed by atoms with Gasteiger partial charge in [-0.05, 0) is 36.8 Å². The van der Waals surface area contributed by atoms with Crippen molar-refractivity contribution in [2.45, 2.75) is 39.7 Å². The van der Waals surface area contributed by atoms with Gasteiger partial charge < -0.3 is 4.90 Å². The molecule has 1 fully saturated rings. The summed E-state index contributed by atoms with van der Waals surface area (Å²) in [5.41, 5.74) is 0.865. The fourth-order valence-electron chi connectivity index (χ4n) is 2.63. The van der Waals surface area contributed by atoms with Gasteiger partial charge in [0.1, 0.15) is 5.15 Å². The minimum absolute atomic E-state index is 0.241. The molecule has 1 amide bonds. The maximum atomic E-state index is 12.1. The Kier molecular flexibility index (Phi) is 4.81. The van der Waals surface area contributed by atoms with Crippen molar-refractivity contribution in [1.82, 2.24) is 9.88 Å². The molecule has 1 atom stereocenters. The summed E-state index contributed by atoms with van der Waals surface area (Å²) in [6, 6.07) is 5.55. The number of rotatable bonds is 3. The Morgan fingerprint density at radius 2 is 2.21 bits per heavy atom. The van der Waals surface area contributed by atoms with Crippen LogP contribution in [0.25, 0.3) is 0 Å². The number of amides is 1. The molecule has 0 aromatic carbocycles. The lowest BCUT2D eigenvalue weighted by Crippen LogP contribution is -2.30.